The van der Waals surface area contributed by atoms with Crippen LogP contribution >= 0.6 is 11.8 Å². The zero-order chi connectivity index (χ0) is 14.1. The van der Waals surface area contributed by atoms with Gasteiger partial charge < -0.3 is 9.64 Å². The lowest BCUT2D eigenvalue weighted by Gasteiger charge is -2.33. The van der Waals surface area contributed by atoms with E-state index in [0.29, 0.717) is 10.2 Å². The highest BCUT2D eigenvalue weighted by Gasteiger charge is 2.59. The molecule has 1 aliphatic carbocycles. The summed E-state index contributed by atoms with van der Waals surface area (Å²) >= 11 is 2.04. The maximum absolute atomic E-state index is 11.6. The highest BCUT2D eigenvalue weighted by Crippen LogP contribution is 2.59. The topological polar surface area (TPSA) is 29.5 Å². The average Bonchev–Trinajstić information content (AvgIpc) is 3.04. The highest BCUT2D eigenvalue weighted by molar-refractivity contribution is 8.00. The fourth-order valence-corrected chi connectivity index (χ4v) is 4.04. The number of thioether (sulfide) groups is 1. The van der Waals surface area contributed by atoms with Crippen LogP contribution in [0, 0.1) is 11.3 Å². The standard InChI is InChI=1S/C15H27NO2S/c1-14(2,3)19-10-9-16-7-5-15(6-8-16)11-12(15)13(17)18-4/h12H,5-11H2,1-4H3/t12-/m1/s1. The lowest BCUT2D eigenvalue weighted by atomic mass is 9.91. The Morgan fingerprint density at radius 2 is 2.00 bits per heavy atom. The Morgan fingerprint density at radius 1 is 1.37 bits per heavy atom. The zero-order valence-corrected chi connectivity index (χ0v) is 13.5. The molecule has 19 heavy (non-hydrogen) atoms. The Bertz CT molecular complexity index is 330. The first kappa shape index (κ1) is 15.2. The second-order valence-electron chi connectivity index (χ2n) is 6.94. The van der Waals surface area contributed by atoms with Crippen molar-refractivity contribution in [3.05, 3.63) is 0 Å². The molecule has 2 rings (SSSR count). The van der Waals surface area contributed by atoms with Crippen molar-refractivity contribution in [2.75, 3.05) is 32.5 Å². The molecule has 2 fully saturated rings. The van der Waals surface area contributed by atoms with Crippen molar-refractivity contribution in [3.63, 3.8) is 0 Å². The highest BCUT2D eigenvalue weighted by atomic mass is 32.2. The summed E-state index contributed by atoms with van der Waals surface area (Å²) in [5, 5.41) is 0. The SMILES string of the molecule is COC(=O)[C@H]1CC12CCN(CCSC(C)(C)C)CC2. The largest absolute Gasteiger partial charge is 0.469 e. The van der Waals surface area contributed by atoms with Crippen LogP contribution in [0.3, 0.4) is 0 Å². The van der Waals surface area contributed by atoms with E-state index in [4.69, 9.17) is 4.74 Å². The van der Waals surface area contributed by atoms with Gasteiger partial charge in [-0.05, 0) is 37.8 Å². The molecule has 1 saturated heterocycles. The van der Waals surface area contributed by atoms with Crippen molar-refractivity contribution in [2.45, 2.75) is 44.8 Å². The maximum Gasteiger partial charge on any atom is 0.309 e. The summed E-state index contributed by atoms with van der Waals surface area (Å²) in [7, 11) is 1.51. The Labute approximate surface area is 121 Å². The van der Waals surface area contributed by atoms with Gasteiger partial charge in [0.2, 0.25) is 0 Å². The van der Waals surface area contributed by atoms with Gasteiger partial charge in [-0.3, -0.25) is 4.79 Å². The van der Waals surface area contributed by atoms with Gasteiger partial charge in [0, 0.05) is 17.0 Å². The van der Waals surface area contributed by atoms with Crippen LogP contribution in [-0.2, 0) is 9.53 Å². The van der Waals surface area contributed by atoms with Gasteiger partial charge in [0.05, 0.1) is 13.0 Å². The number of hydrogen-bond acceptors (Lipinski definition) is 4. The Morgan fingerprint density at radius 3 is 2.53 bits per heavy atom. The van der Waals surface area contributed by atoms with Gasteiger partial charge in [-0.15, -0.1) is 0 Å². The van der Waals surface area contributed by atoms with E-state index in [9.17, 15) is 4.79 Å². The van der Waals surface area contributed by atoms with Gasteiger partial charge in [-0.1, -0.05) is 20.8 Å². The Hall–Kier alpha value is -0.220. The molecular formula is C15H27NO2S. The molecule has 110 valence electrons. The molecule has 4 heteroatoms. The van der Waals surface area contributed by atoms with Crippen LogP contribution in [0.5, 0.6) is 0 Å². The third-order valence-electron chi connectivity index (χ3n) is 4.47. The van der Waals surface area contributed by atoms with Gasteiger partial charge in [-0.25, -0.2) is 0 Å². The van der Waals surface area contributed by atoms with Crippen LogP contribution in [0.1, 0.15) is 40.0 Å². The van der Waals surface area contributed by atoms with Crippen LogP contribution in [0.2, 0.25) is 0 Å². The molecule has 2 aliphatic rings. The van der Waals surface area contributed by atoms with Gasteiger partial charge in [0.15, 0.2) is 0 Å². The fourth-order valence-electron chi connectivity index (χ4n) is 3.08. The number of ether oxygens (including phenoxy) is 1. The number of rotatable bonds is 4. The molecule has 1 heterocycles. The van der Waals surface area contributed by atoms with Gasteiger partial charge in [0.25, 0.3) is 0 Å². The van der Waals surface area contributed by atoms with Crippen LogP contribution in [0.4, 0.5) is 0 Å². The Balaban J connectivity index is 1.68. The molecule has 3 nitrogen and oxygen atoms in total. The third-order valence-corrected chi connectivity index (χ3v) is 5.72. The molecule has 1 aliphatic heterocycles. The van der Waals surface area contributed by atoms with E-state index in [0.717, 1.165) is 19.5 Å². The van der Waals surface area contributed by atoms with Gasteiger partial charge in [0.1, 0.15) is 0 Å². The monoisotopic (exact) mass is 285 g/mol. The number of nitrogens with zero attached hydrogens (tertiary/aromatic N) is 1. The normalized spacial score (nSPS) is 26.4. The van der Waals surface area contributed by atoms with Crippen LogP contribution in [-0.4, -0.2) is 48.1 Å². The molecule has 0 aromatic heterocycles. The minimum Gasteiger partial charge on any atom is -0.469 e. The first-order valence-corrected chi connectivity index (χ1v) is 8.29. The summed E-state index contributed by atoms with van der Waals surface area (Å²) in [5.74, 6) is 1.41. The summed E-state index contributed by atoms with van der Waals surface area (Å²) < 4.78 is 5.24. The summed E-state index contributed by atoms with van der Waals surface area (Å²) in [6.45, 7) is 10.3. The van der Waals surface area contributed by atoms with Crippen LogP contribution in [0.25, 0.3) is 0 Å². The molecule has 1 spiro atoms. The second-order valence-corrected chi connectivity index (χ2v) is 8.87. The number of carbonyl (C=O) groups excluding carboxylic acids is 1. The Kier molecular flexibility index (Phi) is 4.51. The summed E-state index contributed by atoms with van der Waals surface area (Å²) in [4.78, 5) is 14.1. The molecule has 0 aromatic carbocycles. The first-order valence-electron chi connectivity index (χ1n) is 7.30. The van der Waals surface area contributed by atoms with Crippen LogP contribution < -0.4 is 0 Å². The number of piperidine rings is 1. The second kappa shape index (κ2) is 5.65. The van der Waals surface area contributed by atoms with E-state index in [1.54, 1.807) is 0 Å². The fraction of sp³-hybridized carbons (Fsp3) is 0.933. The first-order chi connectivity index (χ1) is 8.86. The van der Waals surface area contributed by atoms with E-state index in [-0.39, 0.29) is 11.9 Å². The zero-order valence-electron chi connectivity index (χ0n) is 12.7. The summed E-state index contributed by atoms with van der Waals surface area (Å²) in [6.07, 6.45) is 3.41. The lowest BCUT2D eigenvalue weighted by Crippen LogP contribution is -2.37. The third kappa shape index (κ3) is 3.88. The molecule has 0 radical (unpaired) electrons. The molecule has 0 bridgehead atoms. The predicted molar refractivity (Wildman–Crippen MR) is 80.4 cm³/mol. The summed E-state index contributed by atoms with van der Waals surface area (Å²) in [6, 6.07) is 0. The van der Waals surface area contributed by atoms with E-state index < -0.39 is 0 Å². The van der Waals surface area contributed by atoms with E-state index in [1.165, 1.54) is 32.2 Å². The molecule has 0 aromatic rings. The van der Waals surface area contributed by atoms with E-state index in [1.807, 2.05) is 11.8 Å². The summed E-state index contributed by atoms with van der Waals surface area (Å²) in [5.41, 5.74) is 0.306. The predicted octanol–water partition coefficient (Wildman–Crippen LogP) is 2.79. The van der Waals surface area contributed by atoms with Crippen molar-refractivity contribution in [1.82, 2.24) is 4.90 Å². The molecule has 0 amide bonds. The van der Waals surface area contributed by atoms with Gasteiger partial charge in [-0.2, -0.15) is 11.8 Å². The van der Waals surface area contributed by atoms with Crippen molar-refractivity contribution >= 4 is 17.7 Å². The molecule has 1 saturated carbocycles. The van der Waals surface area contributed by atoms with Crippen LogP contribution in [0.15, 0.2) is 0 Å². The smallest absolute Gasteiger partial charge is 0.309 e. The van der Waals surface area contributed by atoms with E-state index in [2.05, 4.69) is 25.7 Å². The minimum atomic E-state index is 0.0109. The van der Waals surface area contributed by atoms with Crippen molar-refractivity contribution in [1.29, 1.82) is 0 Å². The van der Waals surface area contributed by atoms with Gasteiger partial charge >= 0.3 is 5.97 Å². The van der Waals surface area contributed by atoms with E-state index >= 15 is 0 Å². The molecule has 0 N–H and O–H groups in total. The number of hydrogen-bond donors (Lipinski definition) is 0. The van der Waals surface area contributed by atoms with Crippen molar-refractivity contribution in [3.8, 4) is 0 Å². The van der Waals surface area contributed by atoms with Crippen molar-refractivity contribution in [2.24, 2.45) is 11.3 Å². The number of likely N-dealkylation sites (tertiary alicyclic amines) is 1. The number of methoxy groups -OCH3 is 1. The lowest BCUT2D eigenvalue weighted by molar-refractivity contribution is -0.143. The molecule has 1 atom stereocenters. The quantitative estimate of drug-likeness (QED) is 0.743. The minimum absolute atomic E-state index is 0.0109. The molecular weight excluding hydrogens is 258 g/mol. The number of carbonyl (C=O) groups is 1. The average molecular weight is 285 g/mol. The molecule has 0 unspecified atom stereocenters. The maximum atomic E-state index is 11.6. The van der Waals surface area contributed by atoms with Crippen molar-refractivity contribution < 1.29 is 9.53 Å². The number of esters is 1.